The number of ether oxygens (including phenoxy) is 1. The quantitative estimate of drug-likeness (QED) is 0.915. The fraction of sp³-hybridized carbons (Fsp3) is 0.200. The average Bonchev–Trinajstić information content (AvgIpc) is 2.36. The van der Waals surface area contributed by atoms with E-state index in [1.165, 1.54) is 12.1 Å². The molecule has 0 spiro atoms. The zero-order valence-corrected chi connectivity index (χ0v) is 10.6. The highest BCUT2D eigenvalue weighted by molar-refractivity contribution is 5.39. The lowest BCUT2D eigenvalue weighted by molar-refractivity contribution is 0.404. The molecule has 0 bridgehead atoms. The van der Waals surface area contributed by atoms with E-state index in [1.807, 2.05) is 19.1 Å². The Hall–Kier alpha value is -1.94. The molecule has 100 valence electrons. The van der Waals surface area contributed by atoms with Crippen LogP contribution < -0.4 is 10.5 Å². The molecule has 0 heterocycles. The number of hydrogen-bond acceptors (Lipinski definition) is 2. The Morgan fingerprint density at radius 3 is 2.32 bits per heavy atom. The van der Waals surface area contributed by atoms with Crippen molar-refractivity contribution >= 4 is 0 Å². The molecule has 2 aromatic carbocycles. The molecule has 0 aliphatic heterocycles. The summed E-state index contributed by atoms with van der Waals surface area (Å²) in [6, 6.07) is 9.57. The molecule has 0 aromatic heterocycles. The second-order valence-electron chi connectivity index (χ2n) is 4.29. The Bertz CT molecular complexity index is 561. The van der Waals surface area contributed by atoms with Crippen molar-refractivity contribution in [3.05, 3.63) is 59.2 Å². The van der Waals surface area contributed by atoms with E-state index in [0.29, 0.717) is 24.3 Å². The second-order valence-corrected chi connectivity index (χ2v) is 4.29. The van der Waals surface area contributed by atoms with Crippen LogP contribution >= 0.6 is 0 Å². The van der Waals surface area contributed by atoms with E-state index in [2.05, 4.69) is 0 Å². The van der Waals surface area contributed by atoms with Crippen LogP contribution in [0.15, 0.2) is 36.4 Å². The molecule has 0 saturated heterocycles. The molecule has 0 unspecified atom stereocenters. The van der Waals surface area contributed by atoms with Gasteiger partial charge in [0.2, 0.25) is 0 Å². The summed E-state index contributed by atoms with van der Waals surface area (Å²) in [6.07, 6.45) is 0.429. The summed E-state index contributed by atoms with van der Waals surface area (Å²) in [7, 11) is 0. The number of benzene rings is 2. The van der Waals surface area contributed by atoms with Crippen LogP contribution in [0.5, 0.6) is 11.5 Å². The van der Waals surface area contributed by atoms with E-state index in [4.69, 9.17) is 10.5 Å². The van der Waals surface area contributed by atoms with E-state index >= 15 is 0 Å². The van der Waals surface area contributed by atoms with Crippen molar-refractivity contribution in [1.29, 1.82) is 0 Å². The first-order valence-corrected chi connectivity index (χ1v) is 6.03. The molecular weight excluding hydrogens is 248 g/mol. The van der Waals surface area contributed by atoms with Gasteiger partial charge in [0.1, 0.15) is 5.75 Å². The summed E-state index contributed by atoms with van der Waals surface area (Å²) in [5.41, 5.74) is 6.70. The van der Waals surface area contributed by atoms with Gasteiger partial charge in [0.25, 0.3) is 0 Å². The van der Waals surface area contributed by atoms with Gasteiger partial charge in [0.15, 0.2) is 17.4 Å². The topological polar surface area (TPSA) is 35.2 Å². The molecule has 0 saturated carbocycles. The van der Waals surface area contributed by atoms with Gasteiger partial charge in [-0.3, -0.25) is 0 Å². The van der Waals surface area contributed by atoms with Crippen molar-refractivity contribution in [2.24, 2.45) is 5.73 Å². The zero-order chi connectivity index (χ0) is 13.8. The van der Waals surface area contributed by atoms with Crippen LogP contribution in [0.4, 0.5) is 8.78 Å². The van der Waals surface area contributed by atoms with E-state index in [9.17, 15) is 8.78 Å². The van der Waals surface area contributed by atoms with Gasteiger partial charge in [-0.1, -0.05) is 18.2 Å². The molecule has 0 radical (unpaired) electrons. The zero-order valence-electron chi connectivity index (χ0n) is 10.6. The first kappa shape index (κ1) is 13.5. The van der Waals surface area contributed by atoms with Gasteiger partial charge < -0.3 is 10.5 Å². The lowest BCUT2D eigenvalue weighted by Gasteiger charge is -2.11. The average molecular weight is 263 g/mol. The molecule has 0 atom stereocenters. The fourth-order valence-corrected chi connectivity index (χ4v) is 1.80. The first-order valence-electron chi connectivity index (χ1n) is 6.03. The van der Waals surface area contributed by atoms with Crippen molar-refractivity contribution in [1.82, 2.24) is 0 Å². The second kappa shape index (κ2) is 5.80. The minimum absolute atomic E-state index is 0.344. The maximum atomic E-state index is 13.8. The summed E-state index contributed by atoms with van der Waals surface area (Å²) in [5.74, 6) is -1.37. The minimum Gasteiger partial charge on any atom is -0.451 e. The number of nitrogens with two attached hydrogens (primary N) is 1. The Balaban J connectivity index is 2.33. The predicted molar refractivity (Wildman–Crippen MR) is 70.4 cm³/mol. The van der Waals surface area contributed by atoms with Crippen molar-refractivity contribution in [2.45, 2.75) is 13.3 Å². The molecule has 4 heteroatoms. The molecule has 2 nitrogen and oxygen atoms in total. The van der Waals surface area contributed by atoms with E-state index < -0.39 is 11.6 Å². The third-order valence-electron chi connectivity index (χ3n) is 2.80. The van der Waals surface area contributed by atoms with Crippen molar-refractivity contribution in [3.63, 3.8) is 0 Å². The van der Waals surface area contributed by atoms with Gasteiger partial charge >= 0.3 is 0 Å². The fourth-order valence-electron chi connectivity index (χ4n) is 1.80. The molecule has 2 N–H and O–H groups in total. The van der Waals surface area contributed by atoms with Crippen molar-refractivity contribution in [3.8, 4) is 11.5 Å². The van der Waals surface area contributed by atoms with Gasteiger partial charge in [-0.15, -0.1) is 0 Å². The van der Waals surface area contributed by atoms with Gasteiger partial charge in [0.05, 0.1) is 0 Å². The third-order valence-corrected chi connectivity index (χ3v) is 2.80. The summed E-state index contributed by atoms with van der Waals surface area (Å²) in [4.78, 5) is 0. The first-order chi connectivity index (χ1) is 9.11. The molecule has 19 heavy (non-hydrogen) atoms. The number of aryl methyl sites for hydroxylation is 1. The molecule has 0 amide bonds. The summed E-state index contributed by atoms with van der Waals surface area (Å²) in [5, 5.41) is 0. The largest absolute Gasteiger partial charge is 0.451 e. The maximum absolute atomic E-state index is 13.8. The smallest absolute Gasteiger partial charge is 0.198 e. The molecule has 2 rings (SSSR count). The van der Waals surface area contributed by atoms with Gasteiger partial charge in [0, 0.05) is 0 Å². The normalized spacial score (nSPS) is 10.5. The van der Waals surface area contributed by atoms with E-state index in [0.717, 1.165) is 5.56 Å². The Morgan fingerprint density at radius 2 is 1.74 bits per heavy atom. The van der Waals surface area contributed by atoms with Gasteiger partial charge in [-0.2, -0.15) is 0 Å². The SMILES string of the molecule is Cc1ccccc1Oc1c(F)cc(CCN)cc1F. The van der Waals surface area contributed by atoms with E-state index in [-0.39, 0.29) is 5.75 Å². The number of para-hydroxylation sites is 1. The van der Waals surface area contributed by atoms with Crippen LogP contribution in [0.3, 0.4) is 0 Å². The monoisotopic (exact) mass is 263 g/mol. The molecule has 2 aromatic rings. The van der Waals surface area contributed by atoms with Crippen LogP contribution in [0.2, 0.25) is 0 Å². The molecule has 0 fully saturated rings. The minimum atomic E-state index is -0.716. The van der Waals surface area contributed by atoms with Crippen LogP contribution in [0, 0.1) is 18.6 Å². The van der Waals surface area contributed by atoms with Crippen LogP contribution in [-0.4, -0.2) is 6.54 Å². The predicted octanol–water partition coefficient (Wildman–Crippen LogP) is 3.57. The Labute approximate surface area is 110 Å². The number of hydrogen-bond donors (Lipinski definition) is 1. The van der Waals surface area contributed by atoms with Gasteiger partial charge in [-0.05, 0) is 49.2 Å². The van der Waals surface area contributed by atoms with Crippen molar-refractivity contribution in [2.75, 3.05) is 6.54 Å². The molecular formula is C15H15F2NO. The Morgan fingerprint density at radius 1 is 1.11 bits per heavy atom. The van der Waals surface area contributed by atoms with Crippen LogP contribution in [0.1, 0.15) is 11.1 Å². The Kier molecular flexibility index (Phi) is 4.12. The lowest BCUT2D eigenvalue weighted by Crippen LogP contribution is -2.04. The third kappa shape index (κ3) is 3.09. The molecule has 0 aliphatic rings. The summed E-state index contributed by atoms with van der Waals surface area (Å²) >= 11 is 0. The standard InChI is InChI=1S/C15H15F2NO/c1-10-4-2-3-5-14(10)19-15-12(16)8-11(6-7-18)9-13(15)17/h2-5,8-9H,6-7,18H2,1H3. The highest BCUT2D eigenvalue weighted by atomic mass is 19.1. The number of halogens is 2. The highest BCUT2D eigenvalue weighted by Crippen LogP contribution is 2.30. The van der Waals surface area contributed by atoms with Gasteiger partial charge in [-0.25, -0.2) is 8.78 Å². The maximum Gasteiger partial charge on any atom is 0.198 e. The van der Waals surface area contributed by atoms with Crippen molar-refractivity contribution < 1.29 is 13.5 Å². The number of rotatable bonds is 4. The van der Waals surface area contributed by atoms with E-state index in [1.54, 1.807) is 12.1 Å². The lowest BCUT2D eigenvalue weighted by atomic mass is 10.1. The summed E-state index contributed by atoms with van der Waals surface area (Å²) < 4.78 is 33.0. The molecule has 0 aliphatic carbocycles. The van der Waals surface area contributed by atoms with Crippen LogP contribution in [-0.2, 0) is 6.42 Å². The highest BCUT2D eigenvalue weighted by Gasteiger charge is 2.14. The summed E-state index contributed by atoms with van der Waals surface area (Å²) in [6.45, 7) is 2.16. The van der Waals surface area contributed by atoms with Crippen LogP contribution in [0.25, 0.3) is 0 Å².